The van der Waals surface area contributed by atoms with E-state index in [9.17, 15) is 22.8 Å². The summed E-state index contributed by atoms with van der Waals surface area (Å²) in [5.41, 5.74) is 7.62. The SMILES string of the molecule is C/C1=C(C(N)=O)\C(c2ccc(Cl)c(Cl)c2)=N/NCCN(C(=O)Nc2ccc(C#N)c(C(F)(F)F)c2)C1. The lowest BCUT2D eigenvalue weighted by Gasteiger charge is -2.24. The molecule has 2 aromatic rings. The minimum absolute atomic E-state index is 0.0401. The molecule has 3 amide bonds. The van der Waals surface area contributed by atoms with Crippen LogP contribution in [0.4, 0.5) is 23.7 Å². The zero-order valence-electron chi connectivity index (χ0n) is 18.7. The van der Waals surface area contributed by atoms with Gasteiger partial charge in [-0.3, -0.25) is 4.79 Å². The van der Waals surface area contributed by atoms with Crippen molar-refractivity contribution < 1.29 is 22.8 Å². The van der Waals surface area contributed by atoms with Crippen LogP contribution < -0.4 is 16.5 Å². The molecule has 1 aliphatic rings. The van der Waals surface area contributed by atoms with Crippen molar-refractivity contribution in [1.29, 1.82) is 5.26 Å². The molecule has 8 nitrogen and oxygen atoms in total. The number of urea groups is 1. The number of nitrogens with zero attached hydrogens (tertiary/aromatic N) is 3. The number of nitrogens with two attached hydrogens (primary N) is 1. The number of primary amides is 1. The first-order chi connectivity index (χ1) is 16.9. The van der Waals surface area contributed by atoms with Crippen LogP contribution in [0.1, 0.15) is 23.6 Å². The number of benzene rings is 2. The first-order valence-corrected chi connectivity index (χ1v) is 11.1. The average molecular weight is 539 g/mol. The molecule has 4 N–H and O–H groups in total. The Kier molecular flexibility index (Phi) is 8.12. The molecule has 0 atom stereocenters. The number of nitriles is 1. The largest absolute Gasteiger partial charge is 0.417 e. The Bertz CT molecular complexity index is 1320. The number of anilines is 1. The van der Waals surface area contributed by atoms with Crippen molar-refractivity contribution >= 4 is 46.5 Å². The Morgan fingerprint density at radius 1 is 1.19 bits per heavy atom. The monoisotopic (exact) mass is 538 g/mol. The number of halogens is 5. The number of carbonyl (C=O) groups is 2. The molecule has 0 unspecified atom stereocenters. The predicted molar refractivity (Wildman–Crippen MR) is 130 cm³/mol. The van der Waals surface area contributed by atoms with Gasteiger partial charge >= 0.3 is 12.2 Å². The van der Waals surface area contributed by atoms with E-state index in [2.05, 4.69) is 15.8 Å². The molecular weight excluding hydrogens is 520 g/mol. The van der Waals surface area contributed by atoms with E-state index in [1.807, 2.05) is 0 Å². The summed E-state index contributed by atoms with van der Waals surface area (Å²) in [7, 11) is 0. The zero-order chi connectivity index (χ0) is 26.6. The summed E-state index contributed by atoms with van der Waals surface area (Å²) in [5, 5.41) is 16.2. The number of rotatable bonds is 3. The summed E-state index contributed by atoms with van der Waals surface area (Å²) < 4.78 is 39.9. The van der Waals surface area contributed by atoms with Gasteiger partial charge in [0.2, 0.25) is 0 Å². The second kappa shape index (κ2) is 10.9. The van der Waals surface area contributed by atoms with Crippen LogP contribution in [0.2, 0.25) is 10.0 Å². The molecule has 1 aliphatic heterocycles. The van der Waals surface area contributed by atoms with Gasteiger partial charge in [0.25, 0.3) is 5.91 Å². The highest BCUT2D eigenvalue weighted by Crippen LogP contribution is 2.33. The standard InChI is InChI=1S/C23H19Cl2F3N6O2/c1-12-11-34(22(36)32-15-4-2-14(10-29)16(9-15)23(26,27)28)7-6-31-33-20(19(12)21(30)35)13-3-5-17(24)18(25)8-13/h2-5,8-9,31H,6-7,11H2,1H3,(H2,30,35)(H,32,36)/b19-12-,33-20-. The number of alkyl halides is 3. The fraction of sp³-hybridized carbons (Fsp3) is 0.217. The maximum absolute atomic E-state index is 13.3. The third-order valence-corrected chi connectivity index (χ3v) is 5.94. The molecule has 13 heteroatoms. The van der Waals surface area contributed by atoms with Crippen molar-refractivity contribution in [3.05, 3.63) is 74.3 Å². The van der Waals surface area contributed by atoms with Gasteiger partial charge in [-0.1, -0.05) is 29.3 Å². The summed E-state index contributed by atoms with van der Waals surface area (Å²) in [6.07, 6.45) is -4.78. The van der Waals surface area contributed by atoms with Gasteiger partial charge in [0.05, 0.1) is 39.4 Å². The first kappa shape index (κ1) is 26.8. The van der Waals surface area contributed by atoms with Crippen LogP contribution in [0.15, 0.2) is 52.6 Å². The van der Waals surface area contributed by atoms with E-state index in [4.69, 9.17) is 34.2 Å². The molecule has 188 valence electrons. The van der Waals surface area contributed by atoms with E-state index in [1.165, 1.54) is 29.2 Å². The van der Waals surface area contributed by atoms with Crippen LogP contribution in [0.5, 0.6) is 0 Å². The molecule has 36 heavy (non-hydrogen) atoms. The van der Waals surface area contributed by atoms with Crippen LogP contribution in [0, 0.1) is 11.3 Å². The lowest BCUT2D eigenvalue weighted by molar-refractivity contribution is -0.137. The van der Waals surface area contributed by atoms with Crippen LogP contribution in [-0.4, -0.2) is 42.2 Å². The van der Waals surface area contributed by atoms with Gasteiger partial charge in [-0.05, 0) is 42.8 Å². The highest BCUT2D eigenvalue weighted by molar-refractivity contribution is 6.42. The third-order valence-electron chi connectivity index (χ3n) is 5.20. The summed E-state index contributed by atoms with van der Waals surface area (Å²) >= 11 is 12.1. The molecular formula is C23H19Cl2F3N6O2. The van der Waals surface area contributed by atoms with Crippen molar-refractivity contribution in [2.24, 2.45) is 10.8 Å². The second-order valence-corrected chi connectivity index (χ2v) is 8.55. The van der Waals surface area contributed by atoms with Gasteiger partial charge in [0, 0.05) is 24.3 Å². The molecule has 0 fully saturated rings. The maximum atomic E-state index is 13.3. The molecule has 3 rings (SSSR count). The third kappa shape index (κ3) is 6.08. The summed E-state index contributed by atoms with van der Waals surface area (Å²) in [4.78, 5) is 26.6. The molecule has 1 heterocycles. The number of hydrazone groups is 1. The van der Waals surface area contributed by atoms with E-state index in [-0.39, 0.29) is 41.6 Å². The fourth-order valence-corrected chi connectivity index (χ4v) is 3.83. The topological polar surface area (TPSA) is 124 Å². The minimum Gasteiger partial charge on any atom is -0.366 e. The summed E-state index contributed by atoms with van der Waals surface area (Å²) in [5.74, 6) is -0.803. The maximum Gasteiger partial charge on any atom is 0.417 e. The van der Waals surface area contributed by atoms with Gasteiger partial charge in [0.1, 0.15) is 5.71 Å². The van der Waals surface area contributed by atoms with Gasteiger partial charge in [-0.15, -0.1) is 0 Å². The minimum atomic E-state index is -4.78. The molecule has 0 aliphatic carbocycles. The Balaban J connectivity index is 1.92. The zero-order valence-corrected chi connectivity index (χ0v) is 20.2. The Hall–Kier alpha value is -3.75. The lowest BCUT2D eigenvalue weighted by Crippen LogP contribution is -2.40. The smallest absolute Gasteiger partial charge is 0.366 e. The van der Waals surface area contributed by atoms with E-state index in [1.54, 1.807) is 13.0 Å². The van der Waals surface area contributed by atoms with E-state index < -0.39 is 29.2 Å². The Morgan fingerprint density at radius 2 is 1.92 bits per heavy atom. The lowest BCUT2D eigenvalue weighted by atomic mass is 9.97. The Morgan fingerprint density at radius 3 is 2.53 bits per heavy atom. The van der Waals surface area contributed by atoms with Gasteiger partial charge in [-0.25, -0.2) is 4.79 Å². The van der Waals surface area contributed by atoms with Crippen molar-refractivity contribution in [2.75, 3.05) is 25.0 Å². The molecule has 0 saturated carbocycles. The molecule has 0 radical (unpaired) electrons. The van der Waals surface area contributed by atoms with E-state index >= 15 is 0 Å². The highest BCUT2D eigenvalue weighted by Gasteiger charge is 2.34. The average Bonchev–Trinajstić information content (AvgIpc) is 2.89. The summed E-state index contributed by atoms with van der Waals surface area (Å²) in [6.45, 7) is 1.76. The van der Waals surface area contributed by atoms with E-state index in [0.717, 1.165) is 6.07 Å². The Labute approximate surface area is 214 Å². The normalized spacial score (nSPS) is 18.0. The van der Waals surface area contributed by atoms with Crippen LogP contribution in [0.25, 0.3) is 0 Å². The summed E-state index contributed by atoms with van der Waals surface area (Å²) in [6, 6.07) is 8.29. The first-order valence-electron chi connectivity index (χ1n) is 10.4. The van der Waals surface area contributed by atoms with Gasteiger partial charge in [0.15, 0.2) is 0 Å². The number of carbonyl (C=O) groups excluding carboxylic acids is 2. The predicted octanol–water partition coefficient (Wildman–Crippen LogP) is 4.53. The molecule has 0 aromatic heterocycles. The fourth-order valence-electron chi connectivity index (χ4n) is 3.53. The number of amides is 3. The number of nitrogens with one attached hydrogen (secondary N) is 2. The number of hydrogen-bond acceptors (Lipinski definition) is 5. The highest BCUT2D eigenvalue weighted by atomic mass is 35.5. The van der Waals surface area contributed by atoms with Gasteiger partial charge in [-0.2, -0.15) is 23.5 Å². The van der Waals surface area contributed by atoms with Crippen molar-refractivity contribution in [2.45, 2.75) is 13.1 Å². The van der Waals surface area contributed by atoms with Gasteiger partial charge < -0.3 is 21.4 Å². The quantitative estimate of drug-likeness (QED) is 0.531. The van der Waals surface area contributed by atoms with Crippen molar-refractivity contribution in [3.8, 4) is 6.07 Å². The second-order valence-electron chi connectivity index (χ2n) is 7.74. The van der Waals surface area contributed by atoms with Crippen LogP contribution in [0.3, 0.4) is 0 Å². The molecule has 2 aromatic carbocycles. The van der Waals surface area contributed by atoms with Crippen molar-refractivity contribution in [3.63, 3.8) is 0 Å². The molecule has 0 bridgehead atoms. The van der Waals surface area contributed by atoms with E-state index in [0.29, 0.717) is 22.2 Å². The number of hydrogen-bond donors (Lipinski definition) is 3. The molecule has 0 spiro atoms. The van der Waals surface area contributed by atoms with Crippen molar-refractivity contribution in [1.82, 2.24) is 10.3 Å². The molecule has 0 saturated heterocycles. The van der Waals surface area contributed by atoms with Crippen LogP contribution in [-0.2, 0) is 11.0 Å². The van der Waals surface area contributed by atoms with Crippen LogP contribution >= 0.6 is 23.2 Å².